The lowest BCUT2D eigenvalue weighted by Crippen LogP contribution is -2.24. The van der Waals surface area contributed by atoms with Crippen molar-refractivity contribution in [3.8, 4) is 17.0 Å². The molecule has 0 spiro atoms. The van der Waals surface area contributed by atoms with Crippen molar-refractivity contribution in [3.63, 3.8) is 0 Å². The number of furan rings is 1. The van der Waals surface area contributed by atoms with Gasteiger partial charge in [0.25, 0.3) is 5.56 Å². The van der Waals surface area contributed by atoms with E-state index < -0.39 is 11.7 Å². The van der Waals surface area contributed by atoms with Crippen molar-refractivity contribution < 1.29 is 17.6 Å². The van der Waals surface area contributed by atoms with Gasteiger partial charge in [-0.2, -0.15) is 18.3 Å². The van der Waals surface area contributed by atoms with E-state index in [2.05, 4.69) is 10.00 Å². The monoisotopic (exact) mass is 492 g/mol. The Bertz CT molecular complexity index is 1610. The van der Waals surface area contributed by atoms with Gasteiger partial charge in [-0.15, -0.1) is 0 Å². The lowest BCUT2D eigenvalue weighted by Gasteiger charge is -2.14. The zero-order valence-corrected chi connectivity index (χ0v) is 19.3. The fourth-order valence-corrected chi connectivity index (χ4v) is 4.85. The minimum atomic E-state index is -4.41. The molecule has 9 heteroatoms. The van der Waals surface area contributed by atoms with Gasteiger partial charge in [0, 0.05) is 29.4 Å². The van der Waals surface area contributed by atoms with E-state index in [-0.39, 0.29) is 5.56 Å². The summed E-state index contributed by atoms with van der Waals surface area (Å²) in [5.41, 5.74) is 1.55. The summed E-state index contributed by atoms with van der Waals surface area (Å²) < 4.78 is 47.9. The molecule has 1 fully saturated rings. The van der Waals surface area contributed by atoms with Crippen molar-refractivity contribution in [1.29, 1.82) is 0 Å². The van der Waals surface area contributed by atoms with E-state index in [1.165, 1.54) is 29.5 Å². The maximum atomic E-state index is 13.3. The van der Waals surface area contributed by atoms with E-state index >= 15 is 0 Å². The van der Waals surface area contributed by atoms with Crippen LogP contribution in [0.4, 0.5) is 13.2 Å². The van der Waals surface area contributed by atoms with E-state index in [4.69, 9.17) is 4.42 Å². The summed E-state index contributed by atoms with van der Waals surface area (Å²) in [7, 11) is 0. The number of rotatable bonds is 5. The van der Waals surface area contributed by atoms with Crippen molar-refractivity contribution in [2.24, 2.45) is 0 Å². The Kier molecular flexibility index (Phi) is 5.44. The van der Waals surface area contributed by atoms with Crippen LogP contribution in [0.5, 0.6) is 0 Å². The maximum Gasteiger partial charge on any atom is 0.416 e. The minimum Gasteiger partial charge on any atom is -0.456 e. The molecule has 1 aliphatic rings. The van der Waals surface area contributed by atoms with Gasteiger partial charge in [-0.3, -0.25) is 14.0 Å². The molecular weight excluding hydrogens is 469 g/mol. The van der Waals surface area contributed by atoms with E-state index in [0.717, 1.165) is 49.2 Å². The highest BCUT2D eigenvalue weighted by molar-refractivity contribution is 5.83. The standard InChI is InChI=1S/C27H23F3N4O2/c28-27(29,30)20-5-3-18(4-6-20)25-16-22-24(36-25)9-12-33(26(22)35)21-7-8-23-19(15-21)17-31-34(23)14-13-32-10-1-2-11-32/h3-9,12,15-17H,1-2,10-11,13-14H2. The average molecular weight is 493 g/mol. The molecule has 0 N–H and O–H groups in total. The Morgan fingerprint density at radius 2 is 1.72 bits per heavy atom. The van der Waals surface area contributed by atoms with Crippen LogP contribution in [-0.4, -0.2) is 38.9 Å². The van der Waals surface area contributed by atoms with E-state index in [9.17, 15) is 18.0 Å². The molecule has 4 heterocycles. The van der Waals surface area contributed by atoms with Gasteiger partial charge in [0.1, 0.15) is 11.3 Å². The average Bonchev–Trinajstić information content (AvgIpc) is 3.62. The van der Waals surface area contributed by atoms with Crippen LogP contribution < -0.4 is 5.56 Å². The van der Waals surface area contributed by atoms with Gasteiger partial charge in [-0.05, 0) is 68.4 Å². The summed E-state index contributed by atoms with van der Waals surface area (Å²) in [4.78, 5) is 15.7. The van der Waals surface area contributed by atoms with E-state index in [1.54, 1.807) is 18.3 Å². The van der Waals surface area contributed by atoms with Crippen LogP contribution in [0.1, 0.15) is 18.4 Å². The highest BCUT2D eigenvalue weighted by atomic mass is 19.4. The molecule has 0 unspecified atom stereocenters. The smallest absolute Gasteiger partial charge is 0.416 e. The second-order valence-electron chi connectivity index (χ2n) is 9.11. The highest BCUT2D eigenvalue weighted by Crippen LogP contribution is 2.32. The van der Waals surface area contributed by atoms with Crippen molar-refractivity contribution in [3.05, 3.63) is 82.9 Å². The molecule has 1 aliphatic heterocycles. The number of benzene rings is 2. The molecule has 6 rings (SSSR count). The van der Waals surface area contributed by atoms with Gasteiger partial charge in [0.15, 0.2) is 0 Å². The first-order valence-corrected chi connectivity index (χ1v) is 11.9. The van der Waals surface area contributed by atoms with Crippen molar-refractivity contribution >= 4 is 21.9 Å². The Morgan fingerprint density at radius 1 is 0.944 bits per heavy atom. The van der Waals surface area contributed by atoms with E-state index in [1.807, 2.05) is 29.1 Å². The molecule has 184 valence electrons. The fraction of sp³-hybridized carbons (Fsp3) is 0.259. The summed E-state index contributed by atoms with van der Waals surface area (Å²) in [5, 5.41) is 5.84. The third-order valence-electron chi connectivity index (χ3n) is 6.81. The molecule has 0 saturated carbocycles. The first-order valence-electron chi connectivity index (χ1n) is 11.9. The number of likely N-dealkylation sites (tertiary alicyclic amines) is 1. The number of nitrogens with zero attached hydrogens (tertiary/aromatic N) is 4. The van der Waals surface area contributed by atoms with E-state index in [0.29, 0.717) is 28.0 Å². The number of hydrogen-bond donors (Lipinski definition) is 0. The number of aromatic nitrogens is 3. The summed E-state index contributed by atoms with van der Waals surface area (Å²) in [5.74, 6) is 0.336. The third kappa shape index (κ3) is 4.09. The fourth-order valence-electron chi connectivity index (χ4n) is 4.85. The molecule has 0 atom stereocenters. The molecule has 2 aromatic carbocycles. The first kappa shape index (κ1) is 22.6. The second-order valence-corrected chi connectivity index (χ2v) is 9.11. The molecule has 0 aliphatic carbocycles. The van der Waals surface area contributed by atoms with Gasteiger partial charge < -0.3 is 9.32 Å². The number of halogens is 3. The van der Waals surface area contributed by atoms with Crippen LogP contribution in [0.2, 0.25) is 0 Å². The lowest BCUT2D eigenvalue weighted by atomic mass is 10.1. The minimum absolute atomic E-state index is 0.268. The highest BCUT2D eigenvalue weighted by Gasteiger charge is 2.30. The molecule has 6 nitrogen and oxygen atoms in total. The number of fused-ring (bicyclic) bond motifs is 2. The molecule has 0 radical (unpaired) electrons. The Balaban J connectivity index is 1.30. The summed E-state index contributed by atoms with van der Waals surface area (Å²) in [6, 6.07) is 13.7. The lowest BCUT2D eigenvalue weighted by molar-refractivity contribution is -0.137. The molecular formula is C27H23F3N4O2. The zero-order valence-electron chi connectivity index (χ0n) is 19.3. The van der Waals surface area contributed by atoms with Crippen LogP contribution in [-0.2, 0) is 12.7 Å². The molecule has 3 aromatic heterocycles. The number of hydrogen-bond acceptors (Lipinski definition) is 4. The predicted molar refractivity (Wildman–Crippen MR) is 131 cm³/mol. The molecule has 0 amide bonds. The van der Waals surface area contributed by atoms with Gasteiger partial charge in [0.2, 0.25) is 0 Å². The molecule has 36 heavy (non-hydrogen) atoms. The Morgan fingerprint density at radius 3 is 2.47 bits per heavy atom. The molecule has 1 saturated heterocycles. The van der Waals surface area contributed by atoms with Gasteiger partial charge in [0.05, 0.1) is 29.2 Å². The maximum absolute atomic E-state index is 13.3. The number of pyridine rings is 1. The molecule has 5 aromatic rings. The Labute approximate surface area is 204 Å². The van der Waals surface area contributed by atoms with Crippen LogP contribution >= 0.6 is 0 Å². The molecule has 0 bridgehead atoms. The summed E-state index contributed by atoms with van der Waals surface area (Å²) in [6.45, 7) is 4.07. The van der Waals surface area contributed by atoms with Crippen LogP contribution in [0.15, 0.2) is 76.2 Å². The van der Waals surface area contributed by atoms with Crippen LogP contribution in [0, 0.1) is 0 Å². The number of alkyl halides is 3. The topological polar surface area (TPSA) is 56.2 Å². The van der Waals surface area contributed by atoms with Crippen LogP contribution in [0.25, 0.3) is 38.9 Å². The SMILES string of the molecule is O=c1c2cc(-c3ccc(C(F)(F)F)cc3)oc2ccn1-c1ccc2c(cnn2CCN2CCCC2)c1. The Hall–Kier alpha value is -3.85. The summed E-state index contributed by atoms with van der Waals surface area (Å²) in [6.07, 6.45) is 1.55. The predicted octanol–water partition coefficient (Wildman–Crippen LogP) is 5.72. The third-order valence-corrected chi connectivity index (χ3v) is 6.81. The van der Waals surface area contributed by atoms with Gasteiger partial charge in [-0.25, -0.2) is 0 Å². The van der Waals surface area contributed by atoms with Crippen molar-refractivity contribution in [1.82, 2.24) is 19.2 Å². The van der Waals surface area contributed by atoms with Crippen molar-refractivity contribution in [2.75, 3.05) is 19.6 Å². The van der Waals surface area contributed by atoms with Crippen molar-refractivity contribution in [2.45, 2.75) is 25.6 Å². The largest absolute Gasteiger partial charge is 0.456 e. The first-order chi connectivity index (χ1) is 17.4. The quantitative estimate of drug-likeness (QED) is 0.315. The zero-order chi connectivity index (χ0) is 24.9. The summed E-state index contributed by atoms with van der Waals surface area (Å²) >= 11 is 0. The second kappa shape index (κ2) is 8.67. The van der Waals surface area contributed by atoms with Crippen LogP contribution in [0.3, 0.4) is 0 Å². The van der Waals surface area contributed by atoms with Gasteiger partial charge in [-0.1, -0.05) is 12.1 Å². The normalized spacial score (nSPS) is 14.9. The van der Waals surface area contributed by atoms with Gasteiger partial charge >= 0.3 is 6.18 Å².